The Hall–Kier alpha value is -2.21. The lowest BCUT2D eigenvalue weighted by Crippen LogP contribution is -2.45. The first-order valence-electron chi connectivity index (χ1n) is 11.5. The van der Waals surface area contributed by atoms with Gasteiger partial charge in [0.25, 0.3) is 0 Å². The summed E-state index contributed by atoms with van der Waals surface area (Å²) < 4.78 is 5.78. The van der Waals surface area contributed by atoms with Gasteiger partial charge >= 0.3 is 0 Å². The SMILES string of the molecule is CCCN(C[C@@H]1CCCO1)C(=O)C1CCN(c2nc(C)c3cc(C)ccc3n2)CC1. The van der Waals surface area contributed by atoms with Gasteiger partial charge in [0.1, 0.15) is 0 Å². The second-order valence-corrected chi connectivity index (χ2v) is 8.81. The van der Waals surface area contributed by atoms with Crippen LogP contribution in [0.25, 0.3) is 10.9 Å². The molecule has 1 aromatic carbocycles. The molecule has 4 rings (SSSR count). The van der Waals surface area contributed by atoms with Crippen LogP contribution in [0.5, 0.6) is 0 Å². The maximum Gasteiger partial charge on any atom is 0.226 e. The van der Waals surface area contributed by atoms with Gasteiger partial charge in [-0.05, 0) is 58.1 Å². The summed E-state index contributed by atoms with van der Waals surface area (Å²) in [6.45, 7) is 10.3. The molecule has 0 bridgehead atoms. The maximum atomic E-state index is 13.2. The van der Waals surface area contributed by atoms with Crippen molar-refractivity contribution < 1.29 is 9.53 Å². The van der Waals surface area contributed by atoms with E-state index in [1.165, 1.54) is 5.56 Å². The van der Waals surface area contributed by atoms with Gasteiger partial charge < -0.3 is 14.5 Å². The molecule has 0 unspecified atom stereocenters. The molecule has 2 fully saturated rings. The molecule has 2 aliphatic heterocycles. The first kappa shape index (κ1) is 21.0. The first-order chi connectivity index (χ1) is 14.5. The summed E-state index contributed by atoms with van der Waals surface area (Å²) in [6, 6.07) is 6.32. The second kappa shape index (κ2) is 9.29. The molecule has 2 saturated heterocycles. The van der Waals surface area contributed by atoms with E-state index in [-0.39, 0.29) is 12.0 Å². The molecule has 1 atom stereocenters. The number of carbonyl (C=O) groups is 1. The molecule has 0 spiro atoms. The van der Waals surface area contributed by atoms with Gasteiger partial charge in [-0.15, -0.1) is 0 Å². The molecule has 0 N–H and O–H groups in total. The Morgan fingerprint density at radius 2 is 2.00 bits per heavy atom. The molecule has 1 amide bonds. The van der Waals surface area contributed by atoms with Gasteiger partial charge in [-0.2, -0.15) is 0 Å². The van der Waals surface area contributed by atoms with E-state index < -0.39 is 0 Å². The van der Waals surface area contributed by atoms with Crippen molar-refractivity contribution in [2.24, 2.45) is 5.92 Å². The quantitative estimate of drug-likeness (QED) is 0.723. The third kappa shape index (κ3) is 4.59. The summed E-state index contributed by atoms with van der Waals surface area (Å²) in [5.41, 5.74) is 3.23. The number of aromatic nitrogens is 2. The molecule has 162 valence electrons. The fourth-order valence-corrected chi connectivity index (χ4v) is 4.70. The van der Waals surface area contributed by atoms with Crippen molar-refractivity contribution >= 4 is 22.8 Å². The number of hydrogen-bond donors (Lipinski definition) is 0. The Morgan fingerprint density at radius 1 is 1.20 bits per heavy atom. The van der Waals surface area contributed by atoms with E-state index >= 15 is 0 Å². The van der Waals surface area contributed by atoms with E-state index in [4.69, 9.17) is 14.7 Å². The molecule has 6 heteroatoms. The minimum Gasteiger partial charge on any atom is -0.376 e. The summed E-state index contributed by atoms with van der Waals surface area (Å²) in [7, 11) is 0. The molecule has 0 aliphatic carbocycles. The Balaban J connectivity index is 1.40. The van der Waals surface area contributed by atoms with Crippen molar-refractivity contribution in [2.45, 2.75) is 59.0 Å². The molecule has 2 aliphatic rings. The average molecular weight is 411 g/mol. The van der Waals surface area contributed by atoms with Crippen LogP contribution in [0.2, 0.25) is 0 Å². The molecule has 2 aromatic rings. The molecule has 30 heavy (non-hydrogen) atoms. The third-order valence-corrected chi connectivity index (χ3v) is 6.41. The Labute approximate surface area is 179 Å². The van der Waals surface area contributed by atoms with Crippen LogP contribution in [0.15, 0.2) is 18.2 Å². The van der Waals surface area contributed by atoms with Crippen molar-refractivity contribution in [2.75, 3.05) is 37.7 Å². The van der Waals surface area contributed by atoms with E-state index in [1.807, 2.05) is 0 Å². The highest BCUT2D eigenvalue weighted by Crippen LogP contribution is 2.26. The Kier molecular flexibility index (Phi) is 6.52. The van der Waals surface area contributed by atoms with E-state index in [0.29, 0.717) is 5.91 Å². The topological polar surface area (TPSA) is 58.6 Å². The number of rotatable bonds is 6. The number of benzene rings is 1. The number of aryl methyl sites for hydroxylation is 2. The normalized spacial score (nSPS) is 20.1. The fraction of sp³-hybridized carbons (Fsp3) is 0.625. The zero-order valence-electron chi connectivity index (χ0n) is 18.6. The molecule has 1 aromatic heterocycles. The van der Waals surface area contributed by atoms with Gasteiger partial charge in [0.05, 0.1) is 17.3 Å². The van der Waals surface area contributed by atoms with Crippen LogP contribution < -0.4 is 4.90 Å². The van der Waals surface area contributed by atoms with Crippen LogP contribution in [0.1, 0.15) is 50.3 Å². The van der Waals surface area contributed by atoms with Crippen molar-refractivity contribution in [3.8, 4) is 0 Å². The van der Waals surface area contributed by atoms with E-state index in [2.05, 4.69) is 48.8 Å². The third-order valence-electron chi connectivity index (χ3n) is 6.41. The van der Waals surface area contributed by atoms with E-state index in [9.17, 15) is 4.79 Å². The number of fused-ring (bicyclic) bond motifs is 1. The number of ether oxygens (including phenoxy) is 1. The van der Waals surface area contributed by atoms with Crippen LogP contribution in [0.3, 0.4) is 0 Å². The lowest BCUT2D eigenvalue weighted by atomic mass is 9.95. The number of hydrogen-bond acceptors (Lipinski definition) is 5. The zero-order chi connectivity index (χ0) is 21.1. The predicted octanol–water partition coefficient (Wildman–Crippen LogP) is 3.88. The minimum absolute atomic E-state index is 0.0957. The van der Waals surface area contributed by atoms with Crippen molar-refractivity contribution in [1.82, 2.24) is 14.9 Å². The van der Waals surface area contributed by atoms with Crippen LogP contribution in [0, 0.1) is 19.8 Å². The van der Waals surface area contributed by atoms with Gasteiger partial charge in [0.2, 0.25) is 11.9 Å². The van der Waals surface area contributed by atoms with E-state index in [1.54, 1.807) is 0 Å². The van der Waals surface area contributed by atoms with Gasteiger partial charge in [-0.1, -0.05) is 18.6 Å². The standard InChI is InChI=1S/C24H34N4O2/c1-4-11-28(16-20-6-5-14-30-20)23(29)19-9-12-27(13-10-19)24-25-18(3)21-15-17(2)7-8-22(21)26-24/h7-8,15,19-20H,4-6,9-14,16H2,1-3H3/t20-/m0/s1. The first-order valence-corrected chi connectivity index (χ1v) is 11.5. The summed E-state index contributed by atoms with van der Waals surface area (Å²) in [5.74, 6) is 1.19. The number of anilines is 1. The molecular weight excluding hydrogens is 376 g/mol. The predicted molar refractivity (Wildman–Crippen MR) is 120 cm³/mol. The summed E-state index contributed by atoms with van der Waals surface area (Å²) in [4.78, 5) is 27.1. The number of nitrogens with zero attached hydrogens (tertiary/aromatic N) is 4. The highest BCUT2D eigenvalue weighted by molar-refractivity contribution is 5.82. The lowest BCUT2D eigenvalue weighted by Gasteiger charge is -2.35. The molecule has 3 heterocycles. The summed E-state index contributed by atoms with van der Waals surface area (Å²) >= 11 is 0. The van der Waals surface area contributed by atoms with Crippen LogP contribution in [-0.4, -0.2) is 59.7 Å². The van der Waals surface area contributed by atoms with Crippen LogP contribution >= 0.6 is 0 Å². The Morgan fingerprint density at radius 3 is 2.70 bits per heavy atom. The maximum absolute atomic E-state index is 13.2. The number of carbonyl (C=O) groups excluding carboxylic acids is 1. The summed E-state index contributed by atoms with van der Waals surface area (Å²) in [6.07, 6.45) is 5.11. The second-order valence-electron chi connectivity index (χ2n) is 8.81. The number of amides is 1. The van der Waals surface area contributed by atoms with Gasteiger partial charge in [-0.25, -0.2) is 9.97 Å². The van der Waals surface area contributed by atoms with Crippen molar-refractivity contribution in [3.05, 3.63) is 29.5 Å². The Bertz CT molecular complexity index is 886. The van der Waals surface area contributed by atoms with Crippen LogP contribution in [0.4, 0.5) is 5.95 Å². The van der Waals surface area contributed by atoms with Gasteiger partial charge in [0.15, 0.2) is 0 Å². The van der Waals surface area contributed by atoms with Gasteiger partial charge in [0, 0.05) is 44.1 Å². The van der Waals surface area contributed by atoms with Crippen molar-refractivity contribution in [1.29, 1.82) is 0 Å². The molecular formula is C24H34N4O2. The largest absolute Gasteiger partial charge is 0.376 e. The molecule has 0 saturated carbocycles. The van der Waals surface area contributed by atoms with Crippen molar-refractivity contribution in [3.63, 3.8) is 0 Å². The summed E-state index contributed by atoms with van der Waals surface area (Å²) in [5, 5.41) is 1.12. The molecule has 6 nitrogen and oxygen atoms in total. The monoisotopic (exact) mass is 410 g/mol. The highest BCUT2D eigenvalue weighted by atomic mass is 16.5. The van der Waals surface area contributed by atoms with E-state index in [0.717, 1.165) is 87.4 Å². The smallest absolute Gasteiger partial charge is 0.226 e. The van der Waals surface area contributed by atoms with Gasteiger partial charge in [-0.3, -0.25) is 4.79 Å². The zero-order valence-corrected chi connectivity index (χ0v) is 18.6. The average Bonchev–Trinajstić information content (AvgIpc) is 3.27. The lowest BCUT2D eigenvalue weighted by molar-refractivity contribution is -0.137. The number of piperidine rings is 1. The molecule has 0 radical (unpaired) electrons. The van der Waals surface area contributed by atoms with Crippen LogP contribution in [-0.2, 0) is 9.53 Å². The fourth-order valence-electron chi connectivity index (χ4n) is 4.70. The minimum atomic E-state index is 0.0957. The highest BCUT2D eigenvalue weighted by Gasteiger charge is 2.31.